The molecule has 19 heavy (non-hydrogen) atoms. The number of rotatable bonds is 6. The smallest absolute Gasteiger partial charge is 0.265 e. The molecule has 1 aromatic rings. The summed E-state index contributed by atoms with van der Waals surface area (Å²) >= 11 is 0. The number of carbonyl (C=O) groups excluding carboxylic acids is 1. The van der Waals surface area contributed by atoms with Crippen LogP contribution in [-0.2, 0) is 11.3 Å². The van der Waals surface area contributed by atoms with Crippen LogP contribution in [0.2, 0.25) is 0 Å². The molecule has 0 radical (unpaired) electrons. The van der Waals surface area contributed by atoms with Gasteiger partial charge < -0.3 is 20.7 Å². The lowest BCUT2D eigenvalue weighted by Crippen LogP contribution is -2.34. The Morgan fingerprint density at radius 2 is 2.21 bits per heavy atom. The molecule has 1 aromatic carbocycles. The normalized spacial score (nSPS) is 17.6. The van der Waals surface area contributed by atoms with Crippen molar-refractivity contribution in [2.24, 2.45) is 0 Å². The minimum atomic E-state index is -0.419. The first-order valence-electron chi connectivity index (χ1n) is 6.66. The van der Waals surface area contributed by atoms with Gasteiger partial charge in [0.2, 0.25) is 0 Å². The minimum absolute atomic E-state index is 0.0911. The van der Waals surface area contributed by atoms with Crippen LogP contribution in [0.25, 0.3) is 0 Å². The Kier molecular flexibility index (Phi) is 4.76. The third kappa shape index (κ3) is 3.68. The monoisotopic (exact) mass is 263 g/mol. The van der Waals surface area contributed by atoms with Crippen LogP contribution in [0.5, 0.6) is 5.75 Å². The zero-order chi connectivity index (χ0) is 13.7. The molecule has 2 rings (SSSR count). The largest absolute Gasteiger partial charge is 0.479 e. The molecular formula is C14H21N3O2. The molecule has 0 bridgehead atoms. The van der Waals surface area contributed by atoms with Crippen LogP contribution in [0.4, 0.5) is 5.69 Å². The average molecular weight is 263 g/mol. The molecule has 1 unspecified atom stereocenters. The maximum absolute atomic E-state index is 11.5. The summed E-state index contributed by atoms with van der Waals surface area (Å²) in [7, 11) is 1.95. The topological polar surface area (TPSA) is 62.4 Å². The predicted molar refractivity (Wildman–Crippen MR) is 75.4 cm³/mol. The van der Waals surface area contributed by atoms with E-state index in [0.29, 0.717) is 0 Å². The van der Waals surface area contributed by atoms with Crippen molar-refractivity contribution in [1.82, 2.24) is 10.6 Å². The Hall–Kier alpha value is -1.59. The first-order valence-corrected chi connectivity index (χ1v) is 6.66. The summed E-state index contributed by atoms with van der Waals surface area (Å²) in [5.74, 6) is 0.651. The molecule has 5 nitrogen and oxygen atoms in total. The fraction of sp³-hybridized carbons (Fsp3) is 0.500. The number of hydrogen-bond donors (Lipinski definition) is 3. The van der Waals surface area contributed by atoms with Crippen LogP contribution >= 0.6 is 0 Å². The van der Waals surface area contributed by atoms with Gasteiger partial charge in [0.15, 0.2) is 6.10 Å². The highest BCUT2D eigenvalue weighted by Crippen LogP contribution is 2.30. The van der Waals surface area contributed by atoms with E-state index >= 15 is 0 Å². The van der Waals surface area contributed by atoms with Crippen molar-refractivity contribution in [3.63, 3.8) is 0 Å². The van der Waals surface area contributed by atoms with E-state index in [2.05, 4.69) is 16.0 Å². The number of anilines is 1. The maximum atomic E-state index is 11.5. The molecule has 104 valence electrons. The second kappa shape index (κ2) is 6.54. The molecule has 0 spiro atoms. The Morgan fingerprint density at radius 1 is 1.37 bits per heavy atom. The number of nitrogens with one attached hydrogen (secondary N) is 3. The van der Waals surface area contributed by atoms with Gasteiger partial charge >= 0.3 is 0 Å². The molecule has 1 atom stereocenters. The third-order valence-electron chi connectivity index (χ3n) is 3.08. The number of fused-ring (bicyclic) bond motifs is 1. The fourth-order valence-electron chi connectivity index (χ4n) is 1.99. The summed E-state index contributed by atoms with van der Waals surface area (Å²) in [6.07, 6.45) is 0.678. The van der Waals surface area contributed by atoms with Crippen molar-refractivity contribution in [2.75, 3.05) is 25.5 Å². The van der Waals surface area contributed by atoms with Gasteiger partial charge in [-0.15, -0.1) is 0 Å². The van der Waals surface area contributed by atoms with E-state index in [9.17, 15) is 4.79 Å². The first-order chi connectivity index (χ1) is 9.20. The maximum Gasteiger partial charge on any atom is 0.265 e. The number of ether oxygens (including phenoxy) is 1. The summed E-state index contributed by atoms with van der Waals surface area (Å²) in [4.78, 5) is 11.5. The molecule has 5 heteroatoms. The average Bonchev–Trinajstić information content (AvgIpc) is 2.40. The minimum Gasteiger partial charge on any atom is -0.479 e. The number of hydrogen-bond acceptors (Lipinski definition) is 4. The zero-order valence-electron chi connectivity index (χ0n) is 11.5. The highest BCUT2D eigenvalue weighted by molar-refractivity contribution is 5.97. The molecule has 3 N–H and O–H groups in total. The van der Waals surface area contributed by atoms with Gasteiger partial charge in [-0.1, -0.05) is 6.07 Å². The summed E-state index contributed by atoms with van der Waals surface area (Å²) in [6.45, 7) is 4.52. The first kappa shape index (κ1) is 13.8. The molecule has 0 aromatic heterocycles. The Balaban J connectivity index is 1.90. The summed E-state index contributed by atoms with van der Waals surface area (Å²) in [6, 6.07) is 5.90. The van der Waals surface area contributed by atoms with Crippen molar-refractivity contribution < 1.29 is 9.53 Å². The Labute approximate surface area is 113 Å². The summed E-state index contributed by atoms with van der Waals surface area (Å²) in [5.41, 5.74) is 1.90. The van der Waals surface area contributed by atoms with E-state index in [0.717, 1.165) is 43.1 Å². The molecule has 1 amide bonds. The fourth-order valence-corrected chi connectivity index (χ4v) is 1.99. The SMILES string of the molecule is CNCCCNCc1ccc2c(c1)NC(=O)C(C)O2. The van der Waals surface area contributed by atoms with Gasteiger partial charge in [0.1, 0.15) is 5.75 Å². The van der Waals surface area contributed by atoms with Crippen molar-refractivity contribution >= 4 is 11.6 Å². The standard InChI is InChI=1S/C14H21N3O2/c1-10-14(18)17-12-8-11(4-5-13(12)19-10)9-16-7-3-6-15-2/h4-5,8,10,15-16H,3,6-7,9H2,1-2H3,(H,17,18). The van der Waals surface area contributed by atoms with Crippen LogP contribution < -0.4 is 20.7 Å². The summed E-state index contributed by atoms with van der Waals surface area (Å²) in [5, 5.41) is 9.34. The quantitative estimate of drug-likeness (QED) is 0.673. The van der Waals surface area contributed by atoms with E-state index in [1.807, 2.05) is 25.2 Å². The van der Waals surface area contributed by atoms with Gasteiger partial charge in [0, 0.05) is 6.54 Å². The van der Waals surface area contributed by atoms with Gasteiger partial charge in [0.05, 0.1) is 5.69 Å². The molecule has 0 saturated heterocycles. The van der Waals surface area contributed by atoms with Gasteiger partial charge in [-0.25, -0.2) is 0 Å². The van der Waals surface area contributed by atoms with Crippen molar-refractivity contribution in [2.45, 2.75) is 26.0 Å². The Morgan fingerprint density at radius 3 is 3.00 bits per heavy atom. The predicted octanol–water partition coefficient (Wildman–Crippen LogP) is 1.11. The van der Waals surface area contributed by atoms with E-state index in [4.69, 9.17) is 4.74 Å². The number of amides is 1. The molecule has 1 aliphatic heterocycles. The molecule has 0 saturated carbocycles. The van der Waals surface area contributed by atoms with Crippen LogP contribution in [-0.4, -0.2) is 32.1 Å². The second-order valence-electron chi connectivity index (χ2n) is 4.71. The second-order valence-corrected chi connectivity index (χ2v) is 4.71. The van der Waals surface area contributed by atoms with E-state index in [1.54, 1.807) is 6.92 Å². The lowest BCUT2D eigenvalue weighted by atomic mass is 10.1. The third-order valence-corrected chi connectivity index (χ3v) is 3.08. The molecule has 1 aliphatic rings. The highest BCUT2D eigenvalue weighted by atomic mass is 16.5. The van der Waals surface area contributed by atoms with Crippen molar-refractivity contribution in [1.29, 1.82) is 0 Å². The molecule has 0 aliphatic carbocycles. The lowest BCUT2D eigenvalue weighted by molar-refractivity contribution is -0.122. The highest BCUT2D eigenvalue weighted by Gasteiger charge is 2.23. The number of carbonyl (C=O) groups is 1. The van der Waals surface area contributed by atoms with Crippen LogP contribution in [0.15, 0.2) is 18.2 Å². The van der Waals surface area contributed by atoms with Gasteiger partial charge in [-0.2, -0.15) is 0 Å². The Bertz CT molecular complexity index is 448. The van der Waals surface area contributed by atoms with Crippen LogP contribution in [0.3, 0.4) is 0 Å². The summed E-state index contributed by atoms with van der Waals surface area (Å²) < 4.78 is 5.52. The van der Waals surface area contributed by atoms with Crippen LogP contribution in [0.1, 0.15) is 18.9 Å². The van der Waals surface area contributed by atoms with E-state index < -0.39 is 6.10 Å². The van der Waals surface area contributed by atoms with Gasteiger partial charge in [0.25, 0.3) is 5.91 Å². The van der Waals surface area contributed by atoms with E-state index in [1.165, 1.54) is 0 Å². The molecule has 1 heterocycles. The molecular weight excluding hydrogens is 242 g/mol. The van der Waals surface area contributed by atoms with Gasteiger partial charge in [-0.3, -0.25) is 4.79 Å². The number of benzene rings is 1. The van der Waals surface area contributed by atoms with Gasteiger partial charge in [-0.05, 0) is 51.2 Å². The van der Waals surface area contributed by atoms with E-state index in [-0.39, 0.29) is 5.91 Å². The van der Waals surface area contributed by atoms with Crippen molar-refractivity contribution in [3.8, 4) is 5.75 Å². The lowest BCUT2D eigenvalue weighted by Gasteiger charge is -2.23. The molecule has 0 fully saturated rings. The van der Waals surface area contributed by atoms with Crippen LogP contribution in [0, 0.1) is 0 Å². The van der Waals surface area contributed by atoms with Crippen molar-refractivity contribution in [3.05, 3.63) is 23.8 Å². The zero-order valence-corrected chi connectivity index (χ0v) is 11.5.